The van der Waals surface area contributed by atoms with Crippen LogP contribution in [0.3, 0.4) is 0 Å². The molecular formula is C5H6O4. The van der Waals surface area contributed by atoms with Gasteiger partial charge in [-0.15, -0.1) is 0 Å². The third-order valence-corrected chi connectivity index (χ3v) is 0.794. The molecular weight excluding hydrogens is 124 g/mol. The average molecular weight is 130 g/mol. The van der Waals surface area contributed by atoms with E-state index in [0.29, 0.717) is 6.61 Å². The second-order valence-corrected chi connectivity index (χ2v) is 1.45. The van der Waals surface area contributed by atoms with E-state index >= 15 is 0 Å². The van der Waals surface area contributed by atoms with Gasteiger partial charge in [-0.25, -0.2) is 9.68 Å². The fraction of sp³-hybridized carbons (Fsp3) is 0.400. The monoisotopic (exact) mass is 130 g/mol. The van der Waals surface area contributed by atoms with Crippen molar-refractivity contribution in [3.05, 3.63) is 12.7 Å². The van der Waals surface area contributed by atoms with E-state index in [1.165, 1.54) is 0 Å². The Morgan fingerprint density at radius 1 is 1.89 bits per heavy atom. The fourth-order valence-corrected chi connectivity index (χ4v) is 0.355. The normalized spacial score (nSPS) is 24.2. The molecule has 0 saturated carbocycles. The average Bonchev–Trinajstić information content (AvgIpc) is 1.78. The van der Waals surface area contributed by atoms with Crippen LogP contribution in [-0.4, -0.2) is 18.9 Å². The van der Waals surface area contributed by atoms with Gasteiger partial charge in [-0.1, -0.05) is 6.58 Å². The number of hydrogen-bond donors (Lipinski definition) is 0. The van der Waals surface area contributed by atoms with Gasteiger partial charge in [0.1, 0.15) is 6.61 Å². The van der Waals surface area contributed by atoms with Crippen LogP contribution in [0.1, 0.15) is 0 Å². The van der Waals surface area contributed by atoms with Gasteiger partial charge in [0.05, 0.1) is 0 Å². The maximum atomic E-state index is 10.3. The van der Waals surface area contributed by atoms with Gasteiger partial charge in [-0.2, -0.15) is 4.89 Å². The van der Waals surface area contributed by atoms with E-state index in [2.05, 4.69) is 21.1 Å². The van der Waals surface area contributed by atoms with Crippen LogP contribution in [0, 0.1) is 0 Å². The molecule has 1 aliphatic heterocycles. The molecule has 4 nitrogen and oxygen atoms in total. The predicted octanol–water partition coefficient (Wildman–Crippen LogP) is 0.00350. The molecule has 1 atom stereocenters. The molecule has 0 aromatic rings. The second-order valence-electron chi connectivity index (χ2n) is 1.45. The lowest BCUT2D eigenvalue weighted by atomic mass is 10.6. The number of carbonyl (C=O) groups is 1. The molecule has 1 unspecified atom stereocenters. The molecule has 0 aromatic heterocycles. The molecule has 0 amide bonds. The van der Waals surface area contributed by atoms with E-state index in [1.54, 1.807) is 0 Å². The van der Waals surface area contributed by atoms with Crippen molar-refractivity contribution >= 4 is 5.97 Å². The zero-order valence-electron chi connectivity index (χ0n) is 4.70. The molecule has 0 spiro atoms. The van der Waals surface area contributed by atoms with Crippen molar-refractivity contribution < 1.29 is 19.3 Å². The summed E-state index contributed by atoms with van der Waals surface area (Å²) in [5, 5.41) is 0. The quantitative estimate of drug-likeness (QED) is 0.300. The Balaban J connectivity index is 2.16. The maximum Gasteiger partial charge on any atom is 0.332 e. The summed E-state index contributed by atoms with van der Waals surface area (Å²) < 4.78 is 4.53. The molecule has 0 aliphatic carbocycles. The zero-order valence-corrected chi connectivity index (χ0v) is 4.70. The fourth-order valence-electron chi connectivity index (χ4n) is 0.355. The molecule has 0 bridgehead atoms. The lowest BCUT2D eigenvalue weighted by molar-refractivity contribution is -0.472. The highest BCUT2D eigenvalue weighted by atomic mass is 17.3. The summed E-state index contributed by atoms with van der Waals surface area (Å²) in [6.07, 6.45) is 0.539. The van der Waals surface area contributed by atoms with E-state index in [1.807, 2.05) is 0 Å². The van der Waals surface area contributed by atoms with Crippen molar-refractivity contribution in [1.82, 2.24) is 0 Å². The van der Waals surface area contributed by atoms with Crippen molar-refractivity contribution in [2.45, 2.75) is 6.29 Å². The third-order valence-electron chi connectivity index (χ3n) is 0.794. The van der Waals surface area contributed by atoms with Gasteiger partial charge in [-0.3, -0.25) is 0 Å². The lowest BCUT2D eigenvalue weighted by Gasteiger charge is -2.22. The molecule has 0 N–H and O–H groups in total. The first-order valence-electron chi connectivity index (χ1n) is 2.44. The zero-order chi connectivity index (χ0) is 6.69. The van der Waals surface area contributed by atoms with Crippen molar-refractivity contribution in [1.29, 1.82) is 0 Å². The minimum absolute atomic E-state index is 0.305. The van der Waals surface area contributed by atoms with Crippen molar-refractivity contribution in [2.24, 2.45) is 0 Å². The summed E-state index contributed by atoms with van der Waals surface area (Å²) in [5.41, 5.74) is 0. The van der Waals surface area contributed by atoms with Gasteiger partial charge in [0.15, 0.2) is 0 Å². The van der Waals surface area contributed by atoms with Crippen LogP contribution in [-0.2, 0) is 19.3 Å². The number of rotatable bonds is 2. The minimum Gasteiger partial charge on any atom is -0.427 e. The Kier molecular flexibility index (Phi) is 1.81. The molecule has 9 heavy (non-hydrogen) atoms. The smallest absolute Gasteiger partial charge is 0.332 e. The number of carbonyl (C=O) groups excluding carboxylic acids is 1. The molecule has 1 saturated heterocycles. The summed E-state index contributed by atoms with van der Waals surface area (Å²) in [6, 6.07) is 0. The Bertz CT molecular complexity index is 127. The van der Waals surface area contributed by atoms with Crippen LogP contribution in [0.25, 0.3) is 0 Å². The van der Waals surface area contributed by atoms with Gasteiger partial charge in [-0.05, 0) is 0 Å². The summed E-state index contributed by atoms with van der Waals surface area (Å²) in [5.74, 6) is -0.497. The first-order valence-corrected chi connectivity index (χ1v) is 2.44. The number of esters is 1. The van der Waals surface area contributed by atoms with Crippen molar-refractivity contribution in [2.75, 3.05) is 6.61 Å². The second kappa shape index (κ2) is 2.61. The molecule has 1 rings (SSSR count). The Hall–Kier alpha value is -0.870. The largest absolute Gasteiger partial charge is 0.427 e. The SMILES string of the molecule is C=CC(=O)OC1COO1. The topological polar surface area (TPSA) is 44.8 Å². The van der Waals surface area contributed by atoms with Gasteiger partial charge in [0.2, 0.25) is 0 Å². The van der Waals surface area contributed by atoms with E-state index in [9.17, 15) is 4.79 Å². The molecule has 1 fully saturated rings. The highest BCUT2D eigenvalue weighted by Gasteiger charge is 2.23. The first kappa shape index (κ1) is 6.25. The highest BCUT2D eigenvalue weighted by molar-refractivity contribution is 5.81. The number of ether oxygens (including phenoxy) is 1. The Labute approximate surface area is 51.9 Å². The summed E-state index contributed by atoms with van der Waals surface area (Å²) in [4.78, 5) is 18.9. The highest BCUT2D eigenvalue weighted by Crippen LogP contribution is 2.07. The van der Waals surface area contributed by atoms with E-state index in [0.717, 1.165) is 6.08 Å². The molecule has 0 radical (unpaired) electrons. The summed E-state index contributed by atoms with van der Waals surface area (Å²) in [7, 11) is 0. The first-order chi connectivity index (χ1) is 4.33. The Morgan fingerprint density at radius 3 is 2.89 bits per heavy atom. The molecule has 0 aromatic carbocycles. The van der Waals surface area contributed by atoms with Gasteiger partial charge >= 0.3 is 5.97 Å². The maximum absolute atomic E-state index is 10.3. The molecule has 1 heterocycles. The lowest BCUT2D eigenvalue weighted by Crippen LogP contribution is -2.35. The van der Waals surface area contributed by atoms with Crippen LogP contribution < -0.4 is 0 Å². The van der Waals surface area contributed by atoms with Crippen LogP contribution in [0.2, 0.25) is 0 Å². The molecule has 1 aliphatic rings. The van der Waals surface area contributed by atoms with Crippen LogP contribution >= 0.6 is 0 Å². The Morgan fingerprint density at radius 2 is 2.56 bits per heavy atom. The van der Waals surface area contributed by atoms with Crippen LogP contribution in [0.15, 0.2) is 12.7 Å². The van der Waals surface area contributed by atoms with E-state index in [4.69, 9.17) is 0 Å². The predicted molar refractivity (Wildman–Crippen MR) is 27.1 cm³/mol. The van der Waals surface area contributed by atoms with E-state index in [-0.39, 0.29) is 0 Å². The molecule has 4 heteroatoms. The van der Waals surface area contributed by atoms with E-state index < -0.39 is 12.3 Å². The third kappa shape index (κ3) is 1.51. The molecule has 50 valence electrons. The number of hydrogen-bond acceptors (Lipinski definition) is 4. The van der Waals surface area contributed by atoms with Gasteiger partial charge in [0.25, 0.3) is 6.29 Å². The summed E-state index contributed by atoms with van der Waals surface area (Å²) >= 11 is 0. The minimum atomic E-state index is -0.532. The standard InChI is InChI=1S/C5H6O4/c1-2-4(6)8-5-3-7-9-5/h2,5H,1,3H2. The van der Waals surface area contributed by atoms with Crippen LogP contribution in [0.5, 0.6) is 0 Å². The summed E-state index contributed by atoms with van der Waals surface area (Å²) in [6.45, 7) is 3.51. The van der Waals surface area contributed by atoms with Crippen molar-refractivity contribution in [3.63, 3.8) is 0 Å². The van der Waals surface area contributed by atoms with Gasteiger partial charge in [0, 0.05) is 6.08 Å². The van der Waals surface area contributed by atoms with Crippen molar-refractivity contribution in [3.8, 4) is 0 Å². The van der Waals surface area contributed by atoms with Crippen LogP contribution in [0.4, 0.5) is 0 Å². The van der Waals surface area contributed by atoms with Gasteiger partial charge < -0.3 is 4.74 Å².